The molecule has 3 nitrogen and oxygen atoms in total. The molecule has 0 bridgehead atoms. The highest BCUT2D eigenvalue weighted by Gasteiger charge is 2.15. The summed E-state index contributed by atoms with van der Waals surface area (Å²) in [7, 11) is 0. The Kier molecular flexibility index (Phi) is 3.53. The third-order valence-corrected chi connectivity index (χ3v) is 2.37. The predicted octanol–water partition coefficient (Wildman–Crippen LogP) is 3.35. The molecule has 0 amide bonds. The highest BCUT2D eigenvalue weighted by Crippen LogP contribution is 2.16. The zero-order valence-corrected chi connectivity index (χ0v) is 9.56. The molecule has 0 aliphatic heterocycles. The summed E-state index contributed by atoms with van der Waals surface area (Å²) in [6, 6.07) is 7.44. The van der Waals surface area contributed by atoms with Gasteiger partial charge in [0, 0.05) is 11.6 Å². The van der Waals surface area contributed by atoms with Crippen molar-refractivity contribution < 1.29 is 18.0 Å². The molecule has 0 saturated carbocycles. The van der Waals surface area contributed by atoms with Crippen LogP contribution in [-0.4, -0.2) is 5.78 Å². The van der Waals surface area contributed by atoms with Gasteiger partial charge < -0.3 is 4.42 Å². The van der Waals surface area contributed by atoms with Crippen molar-refractivity contribution in [2.75, 3.05) is 0 Å². The standard InChI is InChI=1S/C14H7F2NO2/c15-11-4-3-9(12(16)7-11)6-10(8-17)14(18)13-2-1-5-19-13/h1-7H/b10-6+. The average molecular weight is 259 g/mol. The minimum Gasteiger partial charge on any atom is -0.461 e. The van der Waals surface area contributed by atoms with Gasteiger partial charge in [0.15, 0.2) is 5.76 Å². The van der Waals surface area contributed by atoms with E-state index in [1.807, 2.05) is 0 Å². The molecule has 5 heteroatoms. The summed E-state index contributed by atoms with van der Waals surface area (Å²) in [5, 5.41) is 8.92. The van der Waals surface area contributed by atoms with E-state index in [2.05, 4.69) is 0 Å². The number of hydrogen-bond donors (Lipinski definition) is 0. The fourth-order valence-corrected chi connectivity index (χ4v) is 1.46. The van der Waals surface area contributed by atoms with Crippen molar-refractivity contribution in [2.45, 2.75) is 0 Å². The van der Waals surface area contributed by atoms with E-state index in [1.165, 1.54) is 18.4 Å². The number of nitrogens with zero attached hydrogens (tertiary/aromatic N) is 1. The normalized spacial score (nSPS) is 11.1. The topological polar surface area (TPSA) is 54.0 Å². The highest BCUT2D eigenvalue weighted by atomic mass is 19.1. The van der Waals surface area contributed by atoms with E-state index in [9.17, 15) is 13.6 Å². The van der Waals surface area contributed by atoms with Crippen LogP contribution in [-0.2, 0) is 0 Å². The number of nitriles is 1. The van der Waals surface area contributed by atoms with Crippen LogP contribution in [0.4, 0.5) is 8.78 Å². The second-order valence-electron chi connectivity index (χ2n) is 3.64. The molecule has 19 heavy (non-hydrogen) atoms. The van der Waals surface area contributed by atoms with Gasteiger partial charge in [0.1, 0.15) is 23.3 Å². The first-order chi connectivity index (χ1) is 9.11. The van der Waals surface area contributed by atoms with Crippen LogP contribution in [0.15, 0.2) is 46.6 Å². The number of rotatable bonds is 3. The monoisotopic (exact) mass is 259 g/mol. The van der Waals surface area contributed by atoms with E-state index >= 15 is 0 Å². The second kappa shape index (κ2) is 5.27. The van der Waals surface area contributed by atoms with Gasteiger partial charge in [-0.25, -0.2) is 8.78 Å². The number of allylic oxidation sites excluding steroid dienone is 1. The zero-order valence-electron chi connectivity index (χ0n) is 9.56. The van der Waals surface area contributed by atoms with Gasteiger partial charge >= 0.3 is 0 Å². The first-order valence-electron chi connectivity index (χ1n) is 5.27. The van der Waals surface area contributed by atoms with Crippen molar-refractivity contribution in [3.05, 3.63) is 65.1 Å². The van der Waals surface area contributed by atoms with Crippen LogP contribution in [0.1, 0.15) is 16.1 Å². The Morgan fingerprint density at radius 1 is 1.32 bits per heavy atom. The lowest BCUT2D eigenvalue weighted by Gasteiger charge is -1.99. The largest absolute Gasteiger partial charge is 0.461 e. The van der Waals surface area contributed by atoms with Crippen LogP contribution in [0.3, 0.4) is 0 Å². The molecule has 2 rings (SSSR count). The number of carbonyl (C=O) groups is 1. The SMILES string of the molecule is N#C/C(=C\c1ccc(F)cc1F)C(=O)c1ccco1. The first-order valence-corrected chi connectivity index (χ1v) is 5.27. The van der Waals surface area contributed by atoms with Gasteiger partial charge in [0.05, 0.1) is 6.26 Å². The van der Waals surface area contributed by atoms with Crippen molar-refractivity contribution in [1.82, 2.24) is 0 Å². The lowest BCUT2D eigenvalue weighted by molar-refractivity contribution is 0.101. The molecule has 0 fully saturated rings. The average Bonchev–Trinajstić information content (AvgIpc) is 2.91. The maximum absolute atomic E-state index is 13.4. The quantitative estimate of drug-likeness (QED) is 0.482. The van der Waals surface area contributed by atoms with E-state index in [0.29, 0.717) is 6.07 Å². The molecule has 0 aliphatic carbocycles. The Labute approximate surface area is 107 Å². The summed E-state index contributed by atoms with van der Waals surface area (Å²) >= 11 is 0. The maximum atomic E-state index is 13.4. The summed E-state index contributed by atoms with van der Waals surface area (Å²) < 4.78 is 31.0. The Morgan fingerprint density at radius 3 is 2.68 bits per heavy atom. The number of furan rings is 1. The molecule has 0 radical (unpaired) electrons. The van der Waals surface area contributed by atoms with Crippen molar-refractivity contribution in [1.29, 1.82) is 5.26 Å². The molecule has 94 valence electrons. The summed E-state index contributed by atoms with van der Waals surface area (Å²) in [6.07, 6.45) is 2.35. The number of ketones is 1. The molecule has 0 spiro atoms. The van der Waals surface area contributed by atoms with Gasteiger partial charge in [-0.3, -0.25) is 4.79 Å². The predicted molar refractivity (Wildman–Crippen MR) is 63.0 cm³/mol. The summed E-state index contributed by atoms with van der Waals surface area (Å²) in [6.45, 7) is 0. The van der Waals surface area contributed by atoms with Crippen molar-refractivity contribution in [2.24, 2.45) is 0 Å². The molecule has 2 aromatic rings. The molecule has 1 aromatic heterocycles. The Balaban J connectivity index is 2.40. The fourth-order valence-electron chi connectivity index (χ4n) is 1.46. The number of benzene rings is 1. The van der Waals surface area contributed by atoms with Gasteiger partial charge in [-0.15, -0.1) is 0 Å². The molecule has 1 heterocycles. The van der Waals surface area contributed by atoms with Crippen LogP contribution in [0.5, 0.6) is 0 Å². The fraction of sp³-hybridized carbons (Fsp3) is 0. The van der Waals surface area contributed by atoms with Crippen molar-refractivity contribution in [3.8, 4) is 6.07 Å². The second-order valence-corrected chi connectivity index (χ2v) is 3.64. The first kappa shape index (κ1) is 12.7. The zero-order chi connectivity index (χ0) is 13.8. The van der Waals surface area contributed by atoms with Gasteiger partial charge in [0.25, 0.3) is 0 Å². The van der Waals surface area contributed by atoms with Crippen LogP contribution < -0.4 is 0 Å². The summed E-state index contributed by atoms with van der Waals surface area (Å²) in [4.78, 5) is 11.8. The molecule has 0 saturated heterocycles. The van der Waals surface area contributed by atoms with E-state index in [1.54, 1.807) is 6.07 Å². The maximum Gasteiger partial charge on any atom is 0.238 e. The van der Waals surface area contributed by atoms with Gasteiger partial charge in [0.2, 0.25) is 5.78 Å². The Hall–Kier alpha value is -2.74. The van der Waals surface area contributed by atoms with Crippen molar-refractivity contribution in [3.63, 3.8) is 0 Å². The van der Waals surface area contributed by atoms with Crippen LogP contribution >= 0.6 is 0 Å². The van der Waals surface area contributed by atoms with E-state index in [4.69, 9.17) is 9.68 Å². The highest BCUT2D eigenvalue weighted by molar-refractivity contribution is 6.12. The minimum atomic E-state index is -0.847. The van der Waals surface area contributed by atoms with Crippen molar-refractivity contribution >= 4 is 11.9 Å². The van der Waals surface area contributed by atoms with Gasteiger partial charge in [-0.05, 0) is 30.3 Å². The molecular weight excluding hydrogens is 252 g/mol. The van der Waals surface area contributed by atoms with E-state index in [0.717, 1.165) is 18.2 Å². The lowest BCUT2D eigenvalue weighted by Crippen LogP contribution is -2.00. The van der Waals surface area contributed by atoms with Crippen LogP contribution in [0.2, 0.25) is 0 Å². The molecule has 0 unspecified atom stereocenters. The molecule has 1 aromatic carbocycles. The molecule has 0 atom stereocenters. The van der Waals surface area contributed by atoms with Gasteiger partial charge in [-0.2, -0.15) is 5.26 Å². The number of halogens is 2. The summed E-state index contributed by atoms with van der Waals surface area (Å²) in [5.74, 6) is -2.25. The Bertz CT molecular complexity index is 682. The lowest BCUT2D eigenvalue weighted by atomic mass is 10.1. The number of Topliss-reactive ketones (excluding diaryl/α,β-unsaturated/α-hetero) is 1. The number of hydrogen-bond acceptors (Lipinski definition) is 3. The molecule has 0 aliphatic rings. The van der Waals surface area contributed by atoms with Crippen LogP contribution in [0.25, 0.3) is 6.08 Å². The number of carbonyl (C=O) groups excluding carboxylic acids is 1. The van der Waals surface area contributed by atoms with E-state index in [-0.39, 0.29) is 16.9 Å². The molecule has 0 N–H and O–H groups in total. The third kappa shape index (κ3) is 2.75. The summed E-state index contributed by atoms with van der Waals surface area (Å²) in [5.41, 5.74) is -0.335. The minimum absolute atomic E-state index is 0.0182. The third-order valence-electron chi connectivity index (χ3n) is 2.37. The molecular formula is C14H7F2NO2. The van der Waals surface area contributed by atoms with Gasteiger partial charge in [-0.1, -0.05) is 0 Å². The van der Waals surface area contributed by atoms with Crippen LogP contribution in [0, 0.1) is 23.0 Å². The smallest absolute Gasteiger partial charge is 0.238 e. The Morgan fingerprint density at radius 2 is 2.11 bits per heavy atom. The van der Waals surface area contributed by atoms with E-state index < -0.39 is 17.4 Å².